The third kappa shape index (κ3) is 2.37. The molecule has 1 aromatic carbocycles. The molecule has 0 radical (unpaired) electrons. The number of nitrogens with two attached hydrogens (primary N) is 1. The van der Waals surface area contributed by atoms with Gasteiger partial charge in [0, 0.05) is 10.3 Å². The van der Waals surface area contributed by atoms with Crippen LogP contribution in [0.15, 0.2) is 41.8 Å². The number of thiophene rings is 1. The van der Waals surface area contributed by atoms with Crippen LogP contribution in [0.1, 0.15) is 17.8 Å². The molecule has 0 saturated carbocycles. The molecule has 4 nitrogen and oxygen atoms in total. The molecule has 2 aromatic heterocycles. The average Bonchev–Trinajstić information content (AvgIpc) is 2.92. The summed E-state index contributed by atoms with van der Waals surface area (Å²) in [5.41, 5.74) is 6.62. The molecular weight excluding hydrogens is 256 g/mol. The van der Waals surface area contributed by atoms with E-state index in [9.17, 15) is 0 Å². The number of hydrogen-bond acceptors (Lipinski definition) is 5. The maximum absolute atomic E-state index is 5.76. The predicted molar refractivity (Wildman–Crippen MR) is 80.3 cm³/mol. The highest BCUT2D eigenvalue weighted by Gasteiger charge is 2.10. The number of fused-ring (bicyclic) bond motifs is 1. The summed E-state index contributed by atoms with van der Waals surface area (Å²) in [6, 6.07) is 12.2. The van der Waals surface area contributed by atoms with Gasteiger partial charge in [0.25, 0.3) is 0 Å². The lowest BCUT2D eigenvalue weighted by Crippen LogP contribution is -2.08. The number of nitrogens with one attached hydrogen (secondary N) is 1. The van der Waals surface area contributed by atoms with Crippen LogP contribution < -0.4 is 11.1 Å². The molecule has 3 rings (SSSR count). The first-order chi connectivity index (χ1) is 9.24. The van der Waals surface area contributed by atoms with Gasteiger partial charge in [-0.2, -0.15) is 4.98 Å². The van der Waals surface area contributed by atoms with E-state index < -0.39 is 0 Å². The van der Waals surface area contributed by atoms with Gasteiger partial charge in [0.1, 0.15) is 5.82 Å². The fourth-order valence-corrected chi connectivity index (χ4v) is 2.75. The van der Waals surface area contributed by atoms with Crippen molar-refractivity contribution in [2.45, 2.75) is 13.0 Å². The van der Waals surface area contributed by atoms with Gasteiger partial charge in [-0.3, -0.25) is 0 Å². The monoisotopic (exact) mass is 270 g/mol. The molecule has 0 spiro atoms. The van der Waals surface area contributed by atoms with E-state index in [4.69, 9.17) is 5.73 Å². The van der Waals surface area contributed by atoms with Gasteiger partial charge in [-0.15, -0.1) is 11.3 Å². The molecule has 3 N–H and O–H groups in total. The molecule has 5 heteroatoms. The van der Waals surface area contributed by atoms with Crippen molar-refractivity contribution in [1.82, 2.24) is 9.97 Å². The summed E-state index contributed by atoms with van der Waals surface area (Å²) in [6.07, 6.45) is 0. The van der Waals surface area contributed by atoms with E-state index in [2.05, 4.69) is 33.7 Å². The number of nitrogen functional groups attached to an aromatic ring is 1. The Morgan fingerprint density at radius 1 is 1.16 bits per heavy atom. The molecule has 1 unspecified atom stereocenters. The largest absolute Gasteiger partial charge is 0.368 e. The number of rotatable bonds is 3. The van der Waals surface area contributed by atoms with Crippen LogP contribution in [0, 0.1) is 0 Å². The number of para-hydroxylation sites is 1. The zero-order valence-electron chi connectivity index (χ0n) is 10.5. The molecule has 0 fully saturated rings. The number of anilines is 2. The molecule has 0 amide bonds. The van der Waals surface area contributed by atoms with Gasteiger partial charge < -0.3 is 11.1 Å². The van der Waals surface area contributed by atoms with Crippen LogP contribution in [0.2, 0.25) is 0 Å². The van der Waals surface area contributed by atoms with Crippen molar-refractivity contribution in [3.05, 3.63) is 46.7 Å². The smallest absolute Gasteiger partial charge is 0.222 e. The summed E-state index contributed by atoms with van der Waals surface area (Å²) < 4.78 is 0. The maximum Gasteiger partial charge on any atom is 0.222 e. The number of benzene rings is 1. The van der Waals surface area contributed by atoms with Crippen LogP contribution in [0.3, 0.4) is 0 Å². The standard InChI is InChI=1S/C14H14N4S/c1-9(12-7-4-8-19-12)16-13-10-5-2-3-6-11(10)17-14(15)18-13/h2-9H,1H3,(H3,15,16,17,18). The lowest BCUT2D eigenvalue weighted by Gasteiger charge is -2.14. The number of aromatic nitrogens is 2. The van der Waals surface area contributed by atoms with E-state index in [1.54, 1.807) is 11.3 Å². The minimum absolute atomic E-state index is 0.192. The Kier molecular flexibility index (Phi) is 3.05. The Morgan fingerprint density at radius 2 is 2.00 bits per heavy atom. The topological polar surface area (TPSA) is 63.8 Å². The molecule has 19 heavy (non-hydrogen) atoms. The Morgan fingerprint density at radius 3 is 2.79 bits per heavy atom. The third-order valence-electron chi connectivity index (χ3n) is 2.94. The summed E-state index contributed by atoms with van der Waals surface area (Å²) in [6.45, 7) is 2.11. The lowest BCUT2D eigenvalue weighted by molar-refractivity contribution is 0.899. The van der Waals surface area contributed by atoms with Gasteiger partial charge in [0.05, 0.1) is 11.6 Å². The van der Waals surface area contributed by atoms with Crippen LogP contribution in [0.5, 0.6) is 0 Å². The van der Waals surface area contributed by atoms with Crippen molar-refractivity contribution >= 4 is 34.0 Å². The summed E-state index contributed by atoms with van der Waals surface area (Å²) in [4.78, 5) is 9.81. The molecule has 1 atom stereocenters. The van der Waals surface area contributed by atoms with Gasteiger partial charge in [-0.25, -0.2) is 4.98 Å². The van der Waals surface area contributed by atoms with E-state index in [-0.39, 0.29) is 6.04 Å². The van der Waals surface area contributed by atoms with Crippen molar-refractivity contribution in [3.8, 4) is 0 Å². The summed E-state index contributed by atoms with van der Waals surface area (Å²) in [7, 11) is 0. The fourth-order valence-electron chi connectivity index (χ4n) is 2.02. The van der Waals surface area contributed by atoms with Crippen LogP contribution in [-0.4, -0.2) is 9.97 Å². The first-order valence-corrected chi connectivity index (χ1v) is 6.94. The van der Waals surface area contributed by atoms with Crippen LogP contribution in [0.25, 0.3) is 10.9 Å². The van der Waals surface area contributed by atoms with E-state index in [1.165, 1.54) is 4.88 Å². The SMILES string of the molecule is CC(Nc1nc(N)nc2ccccc12)c1cccs1. The van der Waals surface area contributed by atoms with Crippen molar-refractivity contribution in [1.29, 1.82) is 0 Å². The highest BCUT2D eigenvalue weighted by Crippen LogP contribution is 2.26. The lowest BCUT2D eigenvalue weighted by atomic mass is 10.2. The first-order valence-electron chi connectivity index (χ1n) is 6.06. The minimum atomic E-state index is 0.192. The molecule has 2 heterocycles. The van der Waals surface area contributed by atoms with Crippen molar-refractivity contribution < 1.29 is 0 Å². The quantitative estimate of drug-likeness (QED) is 0.765. The second kappa shape index (κ2) is 4.85. The van der Waals surface area contributed by atoms with Crippen LogP contribution in [0.4, 0.5) is 11.8 Å². The first kappa shape index (κ1) is 11.9. The molecule has 0 aliphatic rings. The van der Waals surface area contributed by atoms with Gasteiger partial charge in [-0.1, -0.05) is 18.2 Å². The normalized spacial score (nSPS) is 12.5. The van der Waals surface area contributed by atoms with Gasteiger partial charge in [-0.05, 0) is 30.5 Å². The Bertz CT molecular complexity index is 694. The molecule has 3 aromatic rings. The zero-order valence-corrected chi connectivity index (χ0v) is 11.3. The van der Waals surface area contributed by atoms with Crippen molar-refractivity contribution in [2.75, 3.05) is 11.1 Å². The minimum Gasteiger partial charge on any atom is -0.368 e. The summed E-state index contributed by atoms with van der Waals surface area (Å²) in [5, 5.41) is 6.46. The molecule has 0 bridgehead atoms. The second-order valence-corrected chi connectivity index (χ2v) is 5.31. The summed E-state index contributed by atoms with van der Waals surface area (Å²) >= 11 is 1.72. The Balaban J connectivity index is 2.00. The van der Waals surface area contributed by atoms with Crippen LogP contribution >= 0.6 is 11.3 Å². The highest BCUT2D eigenvalue weighted by molar-refractivity contribution is 7.10. The molecule has 0 saturated heterocycles. The Labute approximate surface area is 115 Å². The van der Waals surface area contributed by atoms with E-state index >= 15 is 0 Å². The van der Waals surface area contributed by atoms with E-state index in [1.807, 2.05) is 30.3 Å². The average molecular weight is 270 g/mol. The van der Waals surface area contributed by atoms with Crippen molar-refractivity contribution in [2.24, 2.45) is 0 Å². The molecule has 0 aliphatic heterocycles. The highest BCUT2D eigenvalue weighted by atomic mass is 32.1. The fraction of sp³-hybridized carbons (Fsp3) is 0.143. The van der Waals surface area contributed by atoms with Gasteiger partial charge in [0.15, 0.2) is 0 Å². The van der Waals surface area contributed by atoms with Gasteiger partial charge >= 0.3 is 0 Å². The molecule has 0 aliphatic carbocycles. The third-order valence-corrected chi connectivity index (χ3v) is 4.00. The van der Waals surface area contributed by atoms with Crippen molar-refractivity contribution in [3.63, 3.8) is 0 Å². The summed E-state index contributed by atoms with van der Waals surface area (Å²) in [5.74, 6) is 1.07. The van der Waals surface area contributed by atoms with E-state index in [0.29, 0.717) is 5.95 Å². The molecule has 96 valence electrons. The Hall–Kier alpha value is -2.14. The van der Waals surface area contributed by atoms with E-state index in [0.717, 1.165) is 16.7 Å². The molecular formula is C14H14N4S. The second-order valence-electron chi connectivity index (χ2n) is 4.33. The van der Waals surface area contributed by atoms with Gasteiger partial charge in [0.2, 0.25) is 5.95 Å². The zero-order chi connectivity index (χ0) is 13.2. The number of nitrogens with zero attached hydrogens (tertiary/aromatic N) is 2. The number of hydrogen-bond donors (Lipinski definition) is 2. The maximum atomic E-state index is 5.76. The predicted octanol–water partition coefficient (Wildman–Crippen LogP) is 3.45. The van der Waals surface area contributed by atoms with Crippen LogP contribution in [-0.2, 0) is 0 Å².